The smallest absolute Gasteiger partial charge is 0.259 e. The topological polar surface area (TPSA) is 66.5 Å². The van der Waals surface area contributed by atoms with Crippen molar-refractivity contribution >= 4 is 21.6 Å². The lowest BCUT2D eigenvalue weighted by Gasteiger charge is -2.48. The van der Waals surface area contributed by atoms with Gasteiger partial charge < -0.3 is 5.32 Å². The van der Waals surface area contributed by atoms with Crippen LogP contribution in [0.1, 0.15) is 19.4 Å². The summed E-state index contributed by atoms with van der Waals surface area (Å²) in [6.45, 7) is 3.40. The quantitative estimate of drug-likeness (QED) is 0.832. The van der Waals surface area contributed by atoms with Crippen LogP contribution in [-0.4, -0.2) is 36.0 Å². The van der Waals surface area contributed by atoms with E-state index in [4.69, 9.17) is 0 Å². The Morgan fingerprint density at radius 3 is 2.68 bits per heavy atom. The number of rotatable bonds is 1. The van der Waals surface area contributed by atoms with Gasteiger partial charge in [-0.3, -0.25) is 4.79 Å². The van der Waals surface area contributed by atoms with Crippen molar-refractivity contribution in [2.75, 3.05) is 11.9 Å². The Kier molecular flexibility index (Phi) is 2.44. The summed E-state index contributed by atoms with van der Waals surface area (Å²) in [5.41, 5.74) is 2.06. The number of carbonyl (C=O) groups is 1. The predicted molar refractivity (Wildman–Crippen MR) is 72.3 cm³/mol. The van der Waals surface area contributed by atoms with Gasteiger partial charge in [0.1, 0.15) is 0 Å². The molecule has 0 spiro atoms. The van der Waals surface area contributed by atoms with E-state index in [0.29, 0.717) is 13.0 Å². The summed E-state index contributed by atoms with van der Waals surface area (Å²) in [5.74, 6) is -0.307. The SMILES string of the molecule is CC1(C)C(=O)N(C2CNc3ccccc3C2)S1(=O)=O. The number of amides is 1. The van der Waals surface area contributed by atoms with Crippen LogP contribution in [0.25, 0.3) is 0 Å². The van der Waals surface area contributed by atoms with Gasteiger partial charge >= 0.3 is 0 Å². The van der Waals surface area contributed by atoms with E-state index in [9.17, 15) is 13.2 Å². The lowest BCUT2D eigenvalue weighted by atomic mass is 9.99. The van der Waals surface area contributed by atoms with Crippen LogP contribution >= 0.6 is 0 Å². The second kappa shape index (κ2) is 3.72. The molecule has 1 atom stereocenters. The third-order valence-electron chi connectivity index (χ3n) is 3.95. The maximum Gasteiger partial charge on any atom is 0.259 e. The van der Waals surface area contributed by atoms with Crippen LogP contribution in [0.5, 0.6) is 0 Å². The molecule has 102 valence electrons. The number of anilines is 1. The van der Waals surface area contributed by atoms with Crippen LogP contribution in [0.4, 0.5) is 5.69 Å². The van der Waals surface area contributed by atoms with E-state index in [1.54, 1.807) is 0 Å². The standard InChI is InChI=1S/C13H16N2O3S/c1-13(2)12(16)15(19(13,17)18)10-7-9-5-3-4-6-11(9)14-8-10/h3-6,10,14H,7-8H2,1-2H3. The largest absolute Gasteiger partial charge is 0.383 e. The molecule has 3 rings (SSSR count). The van der Waals surface area contributed by atoms with Crippen molar-refractivity contribution in [2.45, 2.75) is 31.1 Å². The molecule has 5 nitrogen and oxygen atoms in total. The summed E-state index contributed by atoms with van der Waals surface area (Å²) in [7, 11) is -3.51. The zero-order valence-electron chi connectivity index (χ0n) is 10.9. The highest BCUT2D eigenvalue weighted by Gasteiger charge is 2.62. The summed E-state index contributed by atoms with van der Waals surface area (Å²) in [6, 6.07) is 7.44. The number of hydrogen-bond acceptors (Lipinski definition) is 4. The normalized spacial score (nSPS) is 27.2. The summed E-state index contributed by atoms with van der Waals surface area (Å²) >= 11 is 0. The highest BCUT2D eigenvalue weighted by atomic mass is 32.2. The summed E-state index contributed by atoms with van der Waals surface area (Å²) < 4.78 is 24.1. The molecule has 6 heteroatoms. The van der Waals surface area contributed by atoms with E-state index in [1.165, 1.54) is 13.8 Å². The molecule has 2 aliphatic rings. The van der Waals surface area contributed by atoms with Gasteiger partial charge in [0.15, 0.2) is 4.75 Å². The van der Waals surface area contributed by atoms with Crippen molar-refractivity contribution in [1.82, 2.24) is 4.31 Å². The highest BCUT2D eigenvalue weighted by molar-refractivity contribution is 7.94. The summed E-state index contributed by atoms with van der Waals surface area (Å²) in [5, 5.41) is 3.19. The summed E-state index contributed by atoms with van der Waals surface area (Å²) in [4.78, 5) is 12.0. The average molecular weight is 280 g/mol. The number of fused-ring (bicyclic) bond motifs is 1. The molecule has 1 N–H and O–H groups in total. The zero-order chi connectivity index (χ0) is 13.8. The number of nitrogens with one attached hydrogen (secondary N) is 1. The fraction of sp³-hybridized carbons (Fsp3) is 0.462. The number of para-hydroxylation sites is 1. The first-order chi connectivity index (χ1) is 8.85. The van der Waals surface area contributed by atoms with E-state index in [2.05, 4.69) is 5.32 Å². The minimum atomic E-state index is -3.51. The molecule has 1 aromatic rings. The van der Waals surface area contributed by atoms with Gasteiger partial charge in [-0.2, -0.15) is 0 Å². The molecular weight excluding hydrogens is 264 g/mol. The lowest BCUT2D eigenvalue weighted by molar-refractivity contribution is -0.133. The molecule has 1 amide bonds. The Balaban J connectivity index is 1.90. The molecule has 19 heavy (non-hydrogen) atoms. The minimum Gasteiger partial charge on any atom is -0.383 e. The Bertz CT molecular complexity index is 652. The predicted octanol–water partition coefficient (Wildman–Crippen LogP) is 0.974. The van der Waals surface area contributed by atoms with Crippen molar-refractivity contribution in [1.29, 1.82) is 0 Å². The Hall–Kier alpha value is -1.56. The second-order valence-electron chi connectivity index (χ2n) is 5.51. The Labute approximate surface area is 112 Å². The number of nitrogens with zero attached hydrogens (tertiary/aromatic N) is 1. The van der Waals surface area contributed by atoms with Gasteiger partial charge in [0.25, 0.3) is 15.9 Å². The molecule has 1 unspecified atom stereocenters. The highest BCUT2D eigenvalue weighted by Crippen LogP contribution is 2.38. The maximum atomic E-state index is 12.2. The average Bonchev–Trinajstić information content (AvgIpc) is 2.38. The van der Waals surface area contributed by atoms with Crippen molar-refractivity contribution in [3.8, 4) is 0 Å². The first-order valence-corrected chi connectivity index (χ1v) is 7.70. The van der Waals surface area contributed by atoms with Gasteiger partial charge in [0.05, 0.1) is 6.04 Å². The van der Waals surface area contributed by atoms with Crippen molar-refractivity contribution in [3.63, 3.8) is 0 Å². The monoisotopic (exact) mass is 280 g/mol. The number of benzene rings is 1. The van der Waals surface area contributed by atoms with E-state index in [1.807, 2.05) is 24.3 Å². The third-order valence-corrected chi connectivity index (χ3v) is 6.40. The van der Waals surface area contributed by atoms with E-state index in [-0.39, 0.29) is 11.9 Å². The molecule has 2 heterocycles. The first kappa shape index (κ1) is 12.5. The first-order valence-electron chi connectivity index (χ1n) is 6.26. The van der Waals surface area contributed by atoms with Crippen LogP contribution in [-0.2, 0) is 21.2 Å². The molecule has 0 saturated carbocycles. The van der Waals surface area contributed by atoms with Gasteiger partial charge in [0.2, 0.25) is 0 Å². The van der Waals surface area contributed by atoms with Crippen LogP contribution in [0.3, 0.4) is 0 Å². The fourth-order valence-electron chi connectivity index (χ4n) is 2.64. The number of sulfonamides is 1. The van der Waals surface area contributed by atoms with Gasteiger partial charge in [-0.1, -0.05) is 18.2 Å². The third kappa shape index (κ3) is 1.52. The minimum absolute atomic E-state index is 0.307. The van der Waals surface area contributed by atoms with Gasteiger partial charge in [0, 0.05) is 12.2 Å². The Morgan fingerprint density at radius 2 is 2.00 bits per heavy atom. The van der Waals surface area contributed by atoms with Crippen molar-refractivity contribution < 1.29 is 13.2 Å². The van der Waals surface area contributed by atoms with E-state index >= 15 is 0 Å². The van der Waals surface area contributed by atoms with Crippen LogP contribution in [0.15, 0.2) is 24.3 Å². The van der Waals surface area contributed by atoms with Gasteiger partial charge in [-0.25, -0.2) is 12.7 Å². The van der Waals surface area contributed by atoms with Gasteiger partial charge in [-0.05, 0) is 31.9 Å². The van der Waals surface area contributed by atoms with E-state index in [0.717, 1.165) is 15.6 Å². The van der Waals surface area contributed by atoms with E-state index < -0.39 is 14.8 Å². The molecule has 0 aliphatic carbocycles. The molecule has 1 saturated heterocycles. The van der Waals surface area contributed by atoms with Crippen LogP contribution in [0, 0.1) is 0 Å². The van der Waals surface area contributed by atoms with Crippen LogP contribution in [0.2, 0.25) is 0 Å². The van der Waals surface area contributed by atoms with Crippen LogP contribution < -0.4 is 5.32 Å². The molecule has 1 aromatic carbocycles. The summed E-state index contributed by atoms with van der Waals surface area (Å²) in [6.07, 6.45) is 0.574. The molecule has 0 radical (unpaired) electrons. The maximum absolute atomic E-state index is 12.2. The number of hydrogen-bond donors (Lipinski definition) is 1. The lowest BCUT2D eigenvalue weighted by Crippen LogP contribution is -2.71. The molecular formula is C13H16N2O3S. The van der Waals surface area contributed by atoms with Crippen molar-refractivity contribution in [3.05, 3.63) is 29.8 Å². The van der Waals surface area contributed by atoms with Gasteiger partial charge in [-0.15, -0.1) is 0 Å². The van der Waals surface area contributed by atoms with Crippen molar-refractivity contribution in [2.24, 2.45) is 0 Å². The molecule has 0 aromatic heterocycles. The molecule has 1 fully saturated rings. The molecule has 2 aliphatic heterocycles. The zero-order valence-corrected chi connectivity index (χ0v) is 11.7. The Morgan fingerprint density at radius 1 is 1.32 bits per heavy atom. The number of carbonyl (C=O) groups excluding carboxylic acids is 1. The molecule has 0 bridgehead atoms. The fourth-order valence-corrected chi connectivity index (χ4v) is 4.31. The second-order valence-corrected chi connectivity index (χ2v) is 7.88.